The Bertz CT molecular complexity index is 671. The van der Waals surface area contributed by atoms with Crippen molar-refractivity contribution in [2.24, 2.45) is 0 Å². The van der Waals surface area contributed by atoms with E-state index in [4.69, 9.17) is 23.2 Å². The van der Waals surface area contributed by atoms with Crippen LogP contribution in [0.15, 0.2) is 36.4 Å². The van der Waals surface area contributed by atoms with Crippen molar-refractivity contribution in [3.63, 3.8) is 0 Å². The van der Waals surface area contributed by atoms with Crippen LogP contribution in [0, 0.1) is 13.8 Å². The van der Waals surface area contributed by atoms with Crippen LogP contribution in [-0.2, 0) is 4.79 Å². The number of rotatable bonds is 4. The Kier molecular flexibility index (Phi) is 5.10. The van der Waals surface area contributed by atoms with Gasteiger partial charge in [0.25, 0.3) is 0 Å². The second-order valence-corrected chi connectivity index (χ2v) is 5.62. The molecule has 1 amide bonds. The predicted octanol–water partition coefficient (Wildman–Crippen LogP) is 4.66. The summed E-state index contributed by atoms with van der Waals surface area (Å²) < 4.78 is 0. The Balaban J connectivity index is 1.97. The van der Waals surface area contributed by atoms with Gasteiger partial charge in [-0.2, -0.15) is 0 Å². The summed E-state index contributed by atoms with van der Waals surface area (Å²) in [6, 6.07) is 10.9. The second-order valence-electron chi connectivity index (χ2n) is 4.77. The van der Waals surface area contributed by atoms with E-state index in [0.29, 0.717) is 15.7 Å². The number of hydrogen-bond donors (Lipinski definition) is 2. The highest BCUT2D eigenvalue weighted by Gasteiger charge is 2.07. The summed E-state index contributed by atoms with van der Waals surface area (Å²) in [5.41, 5.74) is 3.71. The molecule has 0 spiro atoms. The average molecular weight is 323 g/mol. The average Bonchev–Trinajstić information content (AvgIpc) is 2.43. The lowest BCUT2D eigenvalue weighted by Gasteiger charge is -2.12. The third kappa shape index (κ3) is 4.13. The number of halogens is 2. The van der Waals surface area contributed by atoms with E-state index in [0.717, 1.165) is 16.8 Å². The fourth-order valence-electron chi connectivity index (χ4n) is 1.89. The molecular weight excluding hydrogens is 307 g/mol. The van der Waals surface area contributed by atoms with Crippen molar-refractivity contribution in [3.8, 4) is 0 Å². The van der Waals surface area contributed by atoms with Gasteiger partial charge >= 0.3 is 0 Å². The van der Waals surface area contributed by atoms with Crippen LogP contribution in [0.3, 0.4) is 0 Å². The fourth-order valence-corrected chi connectivity index (χ4v) is 2.36. The standard InChI is InChI=1S/C16H16Cl2N2O/c1-10-4-3-5-14(11(10)2)20-16(21)9-19-15-7-6-12(17)8-13(15)18/h3-8,19H,9H2,1-2H3,(H,20,21). The van der Waals surface area contributed by atoms with Crippen LogP contribution in [0.1, 0.15) is 11.1 Å². The Morgan fingerprint density at radius 1 is 1.10 bits per heavy atom. The first-order valence-electron chi connectivity index (χ1n) is 6.52. The Labute approximate surface area is 134 Å². The summed E-state index contributed by atoms with van der Waals surface area (Å²) in [4.78, 5) is 12.0. The zero-order valence-corrected chi connectivity index (χ0v) is 13.3. The van der Waals surface area contributed by atoms with Gasteiger partial charge in [-0.15, -0.1) is 0 Å². The lowest BCUT2D eigenvalue weighted by Crippen LogP contribution is -2.22. The first-order valence-corrected chi connectivity index (χ1v) is 7.28. The molecule has 0 heterocycles. The molecule has 0 aliphatic rings. The molecule has 0 saturated heterocycles. The molecule has 0 aromatic heterocycles. The van der Waals surface area contributed by atoms with E-state index in [1.54, 1.807) is 18.2 Å². The van der Waals surface area contributed by atoms with Gasteiger partial charge in [0, 0.05) is 10.7 Å². The quantitative estimate of drug-likeness (QED) is 0.859. The number of hydrogen-bond acceptors (Lipinski definition) is 2. The van der Waals surface area contributed by atoms with Crippen LogP contribution in [0.2, 0.25) is 10.0 Å². The van der Waals surface area contributed by atoms with Crippen LogP contribution < -0.4 is 10.6 Å². The van der Waals surface area contributed by atoms with E-state index in [1.807, 2.05) is 32.0 Å². The van der Waals surface area contributed by atoms with Gasteiger partial charge in [0.05, 0.1) is 17.3 Å². The summed E-state index contributed by atoms with van der Waals surface area (Å²) in [7, 11) is 0. The van der Waals surface area contributed by atoms with Crippen molar-refractivity contribution in [1.29, 1.82) is 0 Å². The van der Waals surface area contributed by atoms with Crippen molar-refractivity contribution in [1.82, 2.24) is 0 Å². The normalized spacial score (nSPS) is 10.3. The van der Waals surface area contributed by atoms with Crippen LogP contribution in [0.4, 0.5) is 11.4 Å². The van der Waals surface area contributed by atoms with Crippen molar-refractivity contribution >= 4 is 40.5 Å². The molecule has 0 fully saturated rings. The molecule has 0 saturated carbocycles. The molecule has 2 aromatic carbocycles. The molecule has 0 aliphatic carbocycles. The lowest BCUT2D eigenvalue weighted by molar-refractivity contribution is -0.114. The molecule has 21 heavy (non-hydrogen) atoms. The number of anilines is 2. The van der Waals surface area contributed by atoms with E-state index in [1.165, 1.54) is 0 Å². The third-order valence-electron chi connectivity index (χ3n) is 3.25. The fraction of sp³-hybridized carbons (Fsp3) is 0.188. The van der Waals surface area contributed by atoms with Crippen molar-refractivity contribution in [2.75, 3.05) is 17.2 Å². The highest BCUT2D eigenvalue weighted by atomic mass is 35.5. The molecule has 2 N–H and O–H groups in total. The summed E-state index contributed by atoms with van der Waals surface area (Å²) in [6.07, 6.45) is 0. The number of nitrogens with one attached hydrogen (secondary N) is 2. The smallest absolute Gasteiger partial charge is 0.243 e. The molecule has 0 bridgehead atoms. The molecule has 5 heteroatoms. The number of amides is 1. The van der Waals surface area contributed by atoms with Crippen molar-refractivity contribution in [3.05, 3.63) is 57.6 Å². The van der Waals surface area contributed by atoms with Crippen LogP contribution in [0.25, 0.3) is 0 Å². The lowest BCUT2D eigenvalue weighted by atomic mass is 10.1. The molecule has 110 valence electrons. The van der Waals surface area contributed by atoms with Crippen LogP contribution in [0.5, 0.6) is 0 Å². The third-order valence-corrected chi connectivity index (χ3v) is 3.80. The van der Waals surface area contributed by atoms with Gasteiger partial charge in [-0.1, -0.05) is 35.3 Å². The van der Waals surface area contributed by atoms with Gasteiger partial charge in [-0.25, -0.2) is 0 Å². The van der Waals surface area contributed by atoms with Crippen molar-refractivity contribution < 1.29 is 4.79 Å². The summed E-state index contributed by atoms with van der Waals surface area (Å²) in [6.45, 7) is 4.12. The van der Waals surface area contributed by atoms with Gasteiger partial charge in [-0.3, -0.25) is 4.79 Å². The van der Waals surface area contributed by atoms with E-state index >= 15 is 0 Å². The van der Waals surface area contributed by atoms with E-state index in [2.05, 4.69) is 10.6 Å². The predicted molar refractivity (Wildman–Crippen MR) is 89.5 cm³/mol. The summed E-state index contributed by atoms with van der Waals surface area (Å²) >= 11 is 11.9. The minimum atomic E-state index is -0.130. The summed E-state index contributed by atoms with van der Waals surface area (Å²) in [5.74, 6) is -0.130. The van der Waals surface area contributed by atoms with Crippen LogP contribution >= 0.6 is 23.2 Å². The zero-order chi connectivity index (χ0) is 15.4. The van der Waals surface area contributed by atoms with Gasteiger partial charge in [0.2, 0.25) is 5.91 Å². The maximum Gasteiger partial charge on any atom is 0.243 e. The molecule has 0 aliphatic heterocycles. The Morgan fingerprint density at radius 3 is 2.57 bits per heavy atom. The van der Waals surface area contributed by atoms with Gasteiger partial charge in [-0.05, 0) is 49.2 Å². The number of benzene rings is 2. The van der Waals surface area contributed by atoms with E-state index in [-0.39, 0.29) is 12.5 Å². The van der Waals surface area contributed by atoms with Gasteiger partial charge in [0.1, 0.15) is 0 Å². The monoisotopic (exact) mass is 322 g/mol. The Morgan fingerprint density at radius 2 is 1.86 bits per heavy atom. The Hall–Kier alpha value is -1.71. The topological polar surface area (TPSA) is 41.1 Å². The molecule has 0 atom stereocenters. The van der Waals surface area contributed by atoms with E-state index in [9.17, 15) is 4.79 Å². The second kappa shape index (κ2) is 6.83. The maximum absolute atomic E-state index is 12.0. The van der Waals surface area contributed by atoms with Crippen LogP contribution in [-0.4, -0.2) is 12.5 Å². The van der Waals surface area contributed by atoms with Gasteiger partial charge < -0.3 is 10.6 Å². The highest BCUT2D eigenvalue weighted by molar-refractivity contribution is 6.36. The molecule has 0 unspecified atom stereocenters. The maximum atomic E-state index is 12.0. The first kappa shape index (κ1) is 15.7. The number of carbonyl (C=O) groups excluding carboxylic acids is 1. The minimum Gasteiger partial charge on any atom is -0.375 e. The molecule has 2 aromatic rings. The highest BCUT2D eigenvalue weighted by Crippen LogP contribution is 2.25. The van der Waals surface area contributed by atoms with Gasteiger partial charge in [0.15, 0.2) is 0 Å². The number of aryl methyl sites for hydroxylation is 1. The first-order chi connectivity index (χ1) is 9.97. The summed E-state index contributed by atoms with van der Waals surface area (Å²) in [5, 5.41) is 6.92. The number of carbonyl (C=O) groups is 1. The minimum absolute atomic E-state index is 0.130. The SMILES string of the molecule is Cc1cccc(NC(=O)CNc2ccc(Cl)cc2Cl)c1C. The molecular formula is C16H16Cl2N2O. The molecule has 2 rings (SSSR count). The molecule has 3 nitrogen and oxygen atoms in total. The van der Waals surface area contributed by atoms with E-state index < -0.39 is 0 Å². The van der Waals surface area contributed by atoms with Crippen molar-refractivity contribution in [2.45, 2.75) is 13.8 Å². The molecule has 0 radical (unpaired) electrons. The largest absolute Gasteiger partial charge is 0.375 e. The zero-order valence-electron chi connectivity index (χ0n) is 11.8.